The van der Waals surface area contributed by atoms with E-state index < -0.39 is 51.9 Å². The van der Waals surface area contributed by atoms with Crippen LogP contribution in [-0.2, 0) is 32.3 Å². The highest BCUT2D eigenvalue weighted by Crippen LogP contribution is 2.36. The van der Waals surface area contributed by atoms with Gasteiger partial charge in [-0.15, -0.1) is 0 Å². The summed E-state index contributed by atoms with van der Waals surface area (Å²) in [5, 5.41) is 2.81. The number of anilines is 1. The molecule has 0 spiro atoms. The van der Waals surface area contributed by atoms with Crippen molar-refractivity contribution in [2.75, 3.05) is 17.1 Å². The predicted octanol–water partition coefficient (Wildman–Crippen LogP) is 5.76. The molecule has 0 bridgehead atoms. The van der Waals surface area contributed by atoms with Gasteiger partial charge in [-0.2, -0.15) is 13.2 Å². The summed E-state index contributed by atoms with van der Waals surface area (Å²) >= 11 is 18.7. The van der Waals surface area contributed by atoms with Crippen molar-refractivity contribution in [3.63, 3.8) is 0 Å². The lowest BCUT2D eigenvalue weighted by Gasteiger charge is -2.33. The molecule has 2 amide bonds. The second-order valence-corrected chi connectivity index (χ2v) is 11.9. The first-order chi connectivity index (χ1) is 17.5. The Morgan fingerprint density at radius 2 is 1.61 bits per heavy atom. The first-order valence-electron chi connectivity index (χ1n) is 11.3. The van der Waals surface area contributed by atoms with Gasteiger partial charge >= 0.3 is 6.18 Å². The molecule has 7 nitrogen and oxygen atoms in total. The van der Waals surface area contributed by atoms with Crippen molar-refractivity contribution < 1.29 is 31.2 Å². The van der Waals surface area contributed by atoms with E-state index in [2.05, 4.69) is 5.32 Å². The van der Waals surface area contributed by atoms with Crippen molar-refractivity contribution in [3.05, 3.63) is 62.6 Å². The lowest BCUT2D eigenvalue weighted by Crippen LogP contribution is -2.53. The number of nitrogens with one attached hydrogen (secondary N) is 1. The van der Waals surface area contributed by atoms with Crippen LogP contribution in [0.2, 0.25) is 15.1 Å². The van der Waals surface area contributed by atoms with E-state index in [1.807, 2.05) is 0 Å². The fourth-order valence-corrected chi connectivity index (χ4v) is 5.27. The van der Waals surface area contributed by atoms with Crippen molar-refractivity contribution in [2.24, 2.45) is 0 Å². The molecule has 1 atom stereocenters. The zero-order chi connectivity index (χ0) is 29.0. The number of rotatable bonds is 10. The molecule has 0 heterocycles. The van der Waals surface area contributed by atoms with Crippen molar-refractivity contribution in [3.8, 4) is 0 Å². The molecule has 0 aliphatic carbocycles. The van der Waals surface area contributed by atoms with Crippen LogP contribution in [0.15, 0.2) is 36.4 Å². The maximum absolute atomic E-state index is 13.7. The fraction of sp³-hybridized carbons (Fsp3) is 0.417. The van der Waals surface area contributed by atoms with E-state index in [1.54, 1.807) is 26.8 Å². The zero-order valence-corrected chi connectivity index (χ0v) is 24.0. The highest BCUT2D eigenvalue weighted by Gasteiger charge is 2.35. The number of carbonyl (C=O) groups is 2. The van der Waals surface area contributed by atoms with Gasteiger partial charge in [0, 0.05) is 28.2 Å². The minimum Gasteiger partial charge on any atom is -0.352 e. The van der Waals surface area contributed by atoms with Crippen LogP contribution >= 0.6 is 34.8 Å². The summed E-state index contributed by atoms with van der Waals surface area (Å²) in [6.45, 7) is 3.89. The van der Waals surface area contributed by atoms with E-state index in [-0.39, 0.29) is 34.1 Å². The van der Waals surface area contributed by atoms with Crippen molar-refractivity contribution in [2.45, 2.75) is 52.0 Å². The lowest BCUT2D eigenvalue weighted by molar-refractivity contribution is -0.140. The largest absolute Gasteiger partial charge is 0.416 e. The minimum atomic E-state index is -4.79. The average molecular weight is 617 g/mol. The van der Waals surface area contributed by atoms with E-state index in [0.29, 0.717) is 22.0 Å². The summed E-state index contributed by atoms with van der Waals surface area (Å²) in [6, 6.07) is 5.46. The monoisotopic (exact) mass is 615 g/mol. The molecule has 210 valence electrons. The maximum Gasteiger partial charge on any atom is 0.416 e. The molecule has 0 aromatic heterocycles. The SMILES string of the molecule is CC[C@H](C(=O)NC(C)C)N(Cc1c(Cl)cccc1Cl)C(=O)CN(c1cc(C(F)(F)F)ccc1Cl)S(C)(=O)=O. The second-order valence-electron chi connectivity index (χ2n) is 8.74. The molecule has 0 fully saturated rings. The third kappa shape index (κ3) is 8.14. The summed E-state index contributed by atoms with van der Waals surface area (Å²) in [6.07, 6.45) is -3.92. The van der Waals surface area contributed by atoms with E-state index >= 15 is 0 Å². The predicted molar refractivity (Wildman–Crippen MR) is 143 cm³/mol. The van der Waals surface area contributed by atoms with Gasteiger partial charge in [0.25, 0.3) is 0 Å². The molecule has 0 aliphatic rings. The molecule has 0 unspecified atom stereocenters. The minimum absolute atomic E-state index is 0.134. The van der Waals surface area contributed by atoms with Crippen molar-refractivity contribution in [1.82, 2.24) is 10.2 Å². The average Bonchev–Trinajstić information content (AvgIpc) is 2.77. The van der Waals surface area contributed by atoms with Crippen LogP contribution in [-0.4, -0.2) is 50.0 Å². The van der Waals surface area contributed by atoms with Gasteiger partial charge in [-0.25, -0.2) is 8.42 Å². The Kier molecular flexibility index (Phi) is 10.7. The van der Waals surface area contributed by atoms with Crippen molar-refractivity contribution >= 4 is 62.3 Å². The van der Waals surface area contributed by atoms with E-state index in [9.17, 15) is 31.2 Å². The number of hydrogen-bond donors (Lipinski definition) is 1. The molecule has 14 heteroatoms. The molecule has 0 radical (unpaired) electrons. The highest BCUT2D eigenvalue weighted by atomic mass is 35.5. The quantitative estimate of drug-likeness (QED) is 0.368. The van der Waals surface area contributed by atoms with Crippen LogP contribution in [0.1, 0.15) is 38.3 Å². The van der Waals surface area contributed by atoms with Gasteiger partial charge in [0.15, 0.2) is 0 Å². The van der Waals surface area contributed by atoms with E-state index in [1.165, 1.54) is 12.1 Å². The number of nitrogens with zero attached hydrogens (tertiary/aromatic N) is 2. The van der Waals surface area contributed by atoms with Crippen LogP contribution in [0.4, 0.5) is 18.9 Å². The van der Waals surface area contributed by atoms with Gasteiger partial charge in [0.2, 0.25) is 21.8 Å². The summed E-state index contributed by atoms with van der Waals surface area (Å²) in [4.78, 5) is 27.8. The van der Waals surface area contributed by atoms with Crippen LogP contribution in [0.25, 0.3) is 0 Å². The number of amides is 2. The second kappa shape index (κ2) is 12.8. The number of benzene rings is 2. The van der Waals surface area contributed by atoms with Crippen LogP contribution in [0, 0.1) is 0 Å². The number of sulfonamides is 1. The van der Waals surface area contributed by atoms with E-state index in [4.69, 9.17) is 34.8 Å². The number of hydrogen-bond acceptors (Lipinski definition) is 4. The number of halogens is 6. The summed E-state index contributed by atoms with van der Waals surface area (Å²) in [5.74, 6) is -1.40. The molecule has 38 heavy (non-hydrogen) atoms. The van der Waals surface area contributed by atoms with Gasteiger partial charge in [-0.05, 0) is 50.6 Å². The van der Waals surface area contributed by atoms with Gasteiger partial charge in [-0.3, -0.25) is 13.9 Å². The molecule has 0 saturated heterocycles. The molecule has 2 aromatic carbocycles. The normalized spacial score (nSPS) is 12.8. The Bertz CT molecular complexity index is 1270. The van der Waals surface area contributed by atoms with Crippen molar-refractivity contribution in [1.29, 1.82) is 0 Å². The van der Waals surface area contributed by atoms with Gasteiger partial charge in [0.1, 0.15) is 12.6 Å². The Balaban J connectivity index is 2.61. The standard InChI is InChI=1S/C24H27Cl3F3N3O4S/c1-5-20(23(35)31-14(2)3)32(12-16-17(25)7-6-8-18(16)26)22(34)13-33(38(4,36)37)21-11-15(24(28,29)30)9-10-19(21)27/h6-11,14,20H,5,12-13H2,1-4H3,(H,31,35)/t20-/m1/s1. The van der Waals surface area contributed by atoms with Gasteiger partial charge < -0.3 is 10.2 Å². The van der Waals surface area contributed by atoms with Crippen LogP contribution in [0.3, 0.4) is 0 Å². The third-order valence-electron chi connectivity index (χ3n) is 5.43. The summed E-state index contributed by atoms with van der Waals surface area (Å²) < 4.78 is 65.9. The van der Waals surface area contributed by atoms with Gasteiger partial charge in [0.05, 0.1) is 22.5 Å². The highest BCUT2D eigenvalue weighted by molar-refractivity contribution is 7.92. The Morgan fingerprint density at radius 3 is 2.08 bits per heavy atom. The number of alkyl halides is 3. The fourth-order valence-electron chi connectivity index (χ4n) is 3.63. The molecular formula is C24H27Cl3F3N3O4S. The molecule has 2 aromatic rings. The molecule has 1 N–H and O–H groups in total. The number of carbonyl (C=O) groups excluding carboxylic acids is 2. The first-order valence-corrected chi connectivity index (χ1v) is 14.3. The smallest absolute Gasteiger partial charge is 0.352 e. The Hall–Kier alpha value is -2.21. The Labute approximate surface area is 234 Å². The van der Waals surface area contributed by atoms with E-state index in [0.717, 1.165) is 17.2 Å². The van der Waals surface area contributed by atoms with Gasteiger partial charge in [-0.1, -0.05) is 47.8 Å². The first kappa shape index (κ1) is 32.0. The summed E-state index contributed by atoms with van der Waals surface area (Å²) in [7, 11) is -4.31. The summed E-state index contributed by atoms with van der Waals surface area (Å²) in [5.41, 5.74) is -1.38. The third-order valence-corrected chi connectivity index (χ3v) is 7.58. The lowest BCUT2D eigenvalue weighted by atomic mass is 10.1. The molecule has 2 rings (SSSR count). The molecular weight excluding hydrogens is 590 g/mol. The molecule has 0 aliphatic heterocycles. The van der Waals surface area contributed by atoms with Crippen LogP contribution < -0.4 is 9.62 Å². The molecule has 0 saturated carbocycles. The van der Waals surface area contributed by atoms with Crippen LogP contribution in [0.5, 0.6) is 0 Å². The topological polar surface area (TPSA) is 86.8 Å². The maximum atomic E-state index is 13.7. The Morgan fingerprint density at radius 1 is 1.03 bits per heavy atom. The zero-order valence-electron chi connectivity index (χ0n) is 20.9.